The molecule has 1 unspecified atom stereocenters. The van der Waals surface area contributed by atoms with Gasteiger partial charge in [0.25, 0.3) is 0 Å². The standard InChI is InChI=1S/C30H30ClN3O4S/c1-4-26(30(36)33-24-15-14-23(37-2)17-27(24)38-3)34(29(35)16-20-8-6-5-7-9-20)18-28-32-25(19-39-28)21-10-12-22(31)13-11-21/h5-15,17,19,26H,4,16,18H2,1-3H3,(H,33,36). The number of carbonyl (C=O) groups is 2. The molecule has 0 bridgehead atoms. The molecule has 1 aromatic heterocycles. The topological polar surface area (TPSA) is 80.8 Å². The third kappa shape index (κ3) is 7.16. The van der Waals surface area contributed by atoms with Crippen LogP contribution in [0.25, 0.3) is 11.3 Å². The Morgan fingerprint density at radius 2 is 1.77 bits per heavy atom. The highest BCUT2D eigenvalue weighted by Crippen LogP contribution is 2.30. The number of hydrogen-bond acceptors (Lipinski definition) is 6. The second kappa shape index (κ2) is 13.3. The van der Waals surface area contributed by atoms with E-state index in [0.29, 0.717) is 28.6 Å². The largest absolute Gasteiger partial charge is 0.497 e. The number of halogens is 1. The van der Waals surface area contributed by atoms with E-state index in [9.17, 15) is 9.59 Å². The van der Waals surface area contributed by atoms with E-state index in [0.717, 1.165) is 21.8 Å². The molecule has 0 spiro atoms. The van der Waals surface area contributed by atoms with Gasteiger partial charge in [-0.3, -0.25) is 9.59 Å². The number of anilines is 1. The van der Waals surface area contributed by atoms with E-state index < -0.39 is 6.04 Å². The molecule has 0 radical (unpaired) electrons. The number of rotatable bonds is 11. The van der Waals surface area contributed by atoms with Crippen molar-refractivity contribution in [2.45, 2.75) is 32.4 Å². The van der Waals surface area contributed by atoms with Gasteiger partial charge in [0.15, 0.2) is 0 Å². The molecule has 0 aliphatic carbocycles. The molecule has 4 aromatic rings. The molecule has 0 saturated heterocycles. The maximum Gasteiger partial charge on any atom is 0.247 e. The number of benzene rings is 3. The summed E-state index contributed by atoms with van der Waals surface area (Å²) >= 11 is 7.48. The highest BCUT2D eigenvalue weighted by atomic mass is 35.5. The lowest BCUT2D eigenvalue weighted by atomic mass is 10.1. The van der Waals surface area contributed by atoms with E-state index in [1.165, 1.54) is 18.4 Å². The van der Waals surface area contributed by atoms with Crippen molar-refractivity contribution in [3.8, 4) is 22.8 Å². The molecular formula is C30H30ClN3O4S. The second-order valence-electron chi connectivity index (χ2n) is 8.80. The monoisotopic (exact) mass is 563 g/mol. The molecule has 0 aliphatic rings. The maximum atomic E-state index is 13.7. The molecule has 39 heavy (non-hydrogen) atoms. The Morgan fingerprint density at radius 3 is 2.44 bits per heavy atom. The van der Waals surface area contributed by atoms with E-state index >= 15 is 0 Å². The second-order valence-corrected chi connectivity index (χ2v) is 10.2. The summed E-state index contributed by atoms with van der Waals surface area (Å²) in [7, 11) is 3.09. The number of nitrogens with one attached hydrogen (secondary N) is 1. The quantitative estimate of drug-likeness (QED) is 0.226. The lowest BCUT2D eigenvalue weighted by Crippen LogP contribution is -2.47. The summed E-state index contributed by atoms with van der Waals surface area (Å²) in [5.41, 5.74) is 3.10. The Labute approximate surface area is 237 Å². The molecule has 1 atom stereocenters. The van der Waals surface area contributed by atoms with Crippen LogP contribution >= 0.6 is 22.9 Å². The van der Waals surface area contributed by atoms with Crippen molar-refractivity contribution in [1.82, 2.24) is 9.88 Å². The molecule has 4 rings (SSSR count). The predicted molar refractivity (Wildman–Crippen MR) is 156 cm³/mol. The fraction of sp³-hybridized carbons (Fsp3) is 0.233. The van der Waals surface area contributed by atoms with Crippen molar-refractivity contribution in [2.24, 2.45) is 0 Å². The Kier molecular flexibility index (Phi) is 9.57. The fourth-order valence-corrected chi connectivity index (χ4v) is 5.12. The van der Waals surface area contributed by atoms with Crippen LogP contribution in [-0.4, -0.2) is 42.0 Å². The van der Waals surface area contributed by atoms with Crippen LogP contribution < -0.4 is 14.8 Å². The molecule has 202 valence electrons. The lowest BCUT2D eigenvalue weighted by molar-refractivity contribution is -0.139. The van der Waals surface area contributed by atoms with Gasteiger partial charge in [-0.1, -0.05) is 61.0 Å². The zero-order valence-corrected chi connectivity index (χ0v) is 23.6. The minimum atomic E-state index is -0.726. The molecule has 0 aliphatic heterocycles. The van der Waals surface area contributed by atoms with E-state index in [1.807, 2.05) is 66.9 Å². The zero-order chi connectivity index (χ0) is 27.8. The van der Waals surface area contributed by atoms with E-state index in [1.54, 1.807) is 30.2 Å². The predicted octanol–water partition coefficient (Wildman–Crippen LogP) is 6.47. The normalized spacial score (nSPS) is 11.5. The number of ether oxygens (including phenoxy) is 2. The Hall–Kier alpha value is -3.88. The lowest BCUT2D eigenvalue weighted by Gasteiger charge is -2.30. The highest BCUT2D eigenvalue weighted by molar-refractivity contribution is 7.09. The van der Waals surface area contributed by atoms with Gasteiger partial charge >= 0.3 is 0 Å². The molecule has 1 N–H and O–H groups in total. The van der Waals surface area contributed by atoms with E-state index in [2.05, 4.69) is 5.32 Å². The first-order valence-electron chi connectivity index (χ1n) is 12.5. The summed E-state index contributed by atoms with van der Waals surface area (Å²) in [6.45, 7) is 2.09. The average molecular weight is 564 g/mol. The average Bonchev–Trinajstić information content (AvgIpc) is 3.42. The van der Waals surface area contributed by atoms with Crippen LogP contribution in [0.2, 0.25) is 5.02 Å². The fourth-order valence-electron chi connectivity index (χ4n) is 4.19. The van der Waals surface area contributed by atoms with E-state index in [-0.39, 0.29) is 24.8 Å². The highest BCUT2D eigenvalue weighted by Gasteiger charge is 2.30. The summed E-state index contributed by atoms with van der Waals surface area (Å²) in [5, 5.41) is 6.27. The first-order chi connectivity index (χ1) is 18.9. The van der Waals surface area contributed by atoms with Crippen LogP contribution in [0.5, 0.6) is 11.5 Å². The van der Waals surface area contributed by atoms with Crippen molar-refractivity contribution < 1.29 is 19.1 Å². The van der Waals surface area contributed by atoms with Gasteiger partial charge in [0.2, 0.25) is 11.8 Å². The molecular weight excluding hydrogens is 534 g/mol. The van der Waals surface area contributed by atoms with E-state index in [4.69, 9.17) is 26.1 Å². The number of hydrogen-bond donors (Lipinski definition) is 1. The number of methoxy groups -OCH3 is 2. The van der Waals surface area contributed by atoms with Crippen LogP contribution in [-0.2, 0) is 22.6 Å². The molecule has 9 heteroatoms. The van der Waals surface area contributed by atoms with Gasteiger partial charge < -0.3 is 19.7 Å². The SMILES string of the molecule is CCC(C(=O)Nc1ccc(OC)cc1OC)N(Cc1nc(-c2ccc(Cl)cc2)cs1)C(=O)Cc1ccccc1. The minimum Gasteiger partial charge on any atom is -0.497 e. The Bertz CT molecular complexity index is 1410. The smallest absolute Gasteiger partial charge is 0.247 e. The zero-order valence-electron chi connectivity index (χ0n) is 22.0. The van der Waals surface area contributed by atoms with Gasteiger partial charge in [-0.25, -0.2) is 4.98 Å². The Morgan fingerprint density at radius 1 is 1.03 bits per heavy atom. The summed E-state index contributed by atoms with van der Waals surface area (Å²) in [6, 6.07) is 21.4. The van der Waals surface area contributed by atoms with Crippen LogP contribution in [0.3, 0.4) is 0 Å². The molecule has 1 heterocycles. The van der Waals surface area contributed by atoms with Gasteiger partial charge in [-0.2, -0.15) is 0 Å². The van der Waals surface area contributed by atoms with Gasteiger partial charge in [0, 0.05) is 22.0 Å². The summed E-state index contributed by atoms with van der Waals surface area (Å²) in [5.74, 6) is 0.606. The van der Waals surface area contributed by atoms with Crippen LogP contribution in [0.1, 0.15) is 23.9 Å². The van der Waals surface area contributed by atoms with Crippen molar-refractivity contribution >= 4 is 40.4 Å². The summed E-state index contributed by atoms with van der Waals surface area (Å²) < 4.78 is 10.7. The molecule has 2 amide bonds. The summed E-state index contributed by atoms with van der Waals surface area (Å²) in [6.07, 6.45) is 0.589. The van der Waals surface area contributed by atoms with Gasteiger partial charge in [-0.05, 0) is 36.2 Å². The van der Waals surface area contributed by atoms with Crippen LogP contribution in [0, 0.1) is 0 Å². The van der Waals surface area contributed by atoms with Crippen molar-refractivity contribution in [3.05, 3.63) is 93.8 Å². The van der Waals surface area contributed by atoms with Gasteiger partial charge in [-0.15, -0.1) is 11.3 Å². The molecule has 7 nitrogen and oxygen atoms in total. The van der Waals surface area contributed by atoms with Gasteiger partial charge in [0.1, 0.15) is 22.5 Å². The van der Waals surface area contributed by atoms with Crippen molar-refractivity contribution in [2.75, 3.05) is 19.5 Å². The third-order valence-electron chi connectivity index (χ3n) is 6.25. The van der Waals surface area contributed by atoms with Crippen LogP contribution in [0.15, 0.2) is 78.2 Å². The number of nitrogens with zero attached hydrogens (tertiary/aromatic N) is 2. The first-order valence-corrected chi connectivity index (χ1v) is 13.7. The first kappa shape index (κ1) is 28.1. The van der Waals surface area contributed by atoms with Gasteiger partial charge in [0.05, 0.1) is 38.6 Å². The van der Waals surface area contributed by atoms with Crippen molar-refractivity contribution in [3.63, 3.8) is 0 Å². The summed E-state index contributed by atoms with van der Waals surface area (Å²) in [4.78, 5) is 33.6. The number of amides is 2. The number of carbonyl (C=O) groups excluding carboxylic acids is 2. The minimum absolute atomic E-state index is 0.159. The number of thiazole rings is 1. The molecule has 0 fully saturated rings. The number of aromatic nitrogens is 1. The van der Waals surface area contributed by atoms with Crippen LogP contribution in [0.4, 0.5) is 5.69 Å². The maximum absolute atomic E-state index is 13.7. The third-order valence-corrected chi connectivity index (χ3v) is 7.33. The van der Waals surface area contributed by atoms with Crippen molar-refractivity contribution in [1.29, 1.82) is 0 Å². The Balaban J connectivity index is 1.60. The molecule has 3 aromatic carbocycles. The molecule has 0 saturated carbocycles.